The maximum absolute atomic E-state index is 11.5. The van der Waals surface area contributed by atoms with Gasteiger partial charge in [-0.25, -0.2) is 14.8 Å². The van der Waals surface area contributed by atoms with Gasteiger partial charge in [-0.2, -0.15) is 0 Å². The van der Waals surface area contributed by atoms with Crippen molar-refractivity contribution in [2.24, 2.45) is 0 Å². The molecule has 0 bridgehead atoms. The normalized spacial score (nSPS) is 11.5. The lowest BCUT2D eigenvalue weighted by atomic mass is 10.0. The van der Waals surface area contributed by atoms with Crippen molar-refractivity contribution in [2.45, 2.75) is 26.9 Å². The van der Waals surface area contributed by atoms with Gasteiger partial charge in [0.2, 0.25) is 0 Å². The number of carboxylic acid groups (broad SMARTS) is 1. The topological polar surface area (TPSA) is 72.9 Å². The molecule has 0 aliphatic heterocycles. The van der Waals surface area contributed by atoms with Crippen LogP contribution >= 0.6 is 23.2 Å². The number of imidazole rings is 2. The van der Waals surface area contributed by atoms with E-state index < -0.39 is 5.97 Å². The number of aromatic carboxylic acids is 1. The van der Waals surface area contributed by atoms with Crippen molar-refractivity contribution < 1.29 is 9.90 Å². The minimum absolute atomic E-state index is 0.255. The number of aryl methyl sites for hydroxylation is 2. The minimum atomic E-state index is -0.945. The molecule has 43 heavy (non-hydrogen) atoms. The van der Waals surface area contributed by atoms with Crippen molar-refractivity contribution in [1.82, 2.24) is 19.1 Å². The fourth-order valence-corrected chi connectivity index (χ4v) is 5.71. The van der Waals surface area contributed by atoms with E-state index in [4.69, 9.17) is 33.2 Å². The average molecular weight is 608 g/mol. The highest BCUT2D eigenvalue weighted by atomic mass is 35.5. The van der Waals surface area contributed by atoms with Gasteiger partial charge in [0.1, 0.15) is 11.6 Å². The molecule has 0 amide bonds. The molecule has 0 atom stereocenters. The van der Waals surface area contributed by atoms with Crippen LogP contribution in [0.2, 0.25) is 10.0 Å². The van der Waals surface area contributed by atoms with Crippen LogP contribution in [0.5, 0.6) is 0 Å². The van der Waals surface area contributed by atoms with Gasteiger partial charge in [0.15, 0.2) is 0 Å². The Balaban J connectivity index is 1.21. The molecule has 0 radical (unpaired) electrons. The highest BCUT2D eigenvalue weighted by Crippen LogP contribution is 2.31. The third-order valence-electron chi connectivity index (χ3n) is 7.48. The Labute approximate surface area is 259 Å². The molecule has 6 rings (SSSR count). The van der Waals surface area contributed by atoms with Crippen molar-refractivity contribution in [1.29, 1.82) is 0 Å². The number of benzene rings is 4. The van der Waals surface area contributed by atoms with E-state index in [1.54, 1.807) is 24.3 Å². The third-order valence-corrected chi connectivity index (χ3v) is 8.03. The number of fused-ring (bicyclic) bond motifs is 1. The highest BCUT2D eigenvalue weighted by Gasteiger charge is 2.14. The third kappa shape index (κ3) is 5.72. The van der Waals surface area contributed by atoms with Crippen LogP contribution in [0.25, 0.3) is 57.0 Å². The fourth-order valence-electron chi connectivity index (χ4n) is 5.21. The number of carboxylic acids is 1. The summed E-state index contributed by atoms with van der Waals surface area (Å²) in [6.45, 7) is 5.58. The Bertz CT molecular complexity index is 1990. The first-order chi connectivity index (χ1) is 20.8. The second-order valence-electron chi connectivity index (χ2n) is 10.1. The summed E-state index contributed by atoms with van der Waals surface area (Å²) in [6, 6.07) is 27.2. The molecule has 214 valence electrons. The summed E-state index contributed by atoms with van der Waals surface area (Å²) in [5.41, 5.74) is 7.75. The Kier molecular flexibility index (Phi) is 7.89. The molecule has 0 unspecified atom stereocenters. The lowest BCUT2D eigenvalue weighted by Gasteiger charge is -2.08. The van der Waals surface area contributed by atoms with Gasteiger partial charge >= 0.3 is 5.97 Å². The largest absolute Gasteiger partial charge is 0.478 e. The van der Waals surface area contributed by atoms with Gasteiger partial charge in [-0.15, -0.1) is 0 Å². The zero-order valence-electron chi connectivity index (χ0n) is 23.6. The number of carbonyl (C=O) groups is 1. The first-order valence-electron chi connectivity index (χ1n) is 14.0. The van der Waals surface area contributed by atoms with Gasteiger partial charge in [-0.05, 0) is 73.0 Å². The molecule has 8 heteroatoms. The summed E-state index contributed by atoms with van der Waals surface area (Å²) in [5.74, 6) is 0.721. The van der Waals surface area contributed by atoms with Gasteiger partial charge in [0.05, 0.1) is 27.3 Å². The quantitative estimate of drug-likeness (QED) is 0.187. The van der Waals surface area contributed by atoms with E-state index in [2.05, 4.69) is 70.7 Å². The van der Waals surface area contributed by atoms with Crippen molar-refractivity contribution in [2.75, 3.05) is 0 Å². The van der Waals surface area contributed by atoms with E-state index in [-0.39, 0.29) is 5.56 Å². The summed E-state index contributed by atoms with van der Waals surface area (Å²) in [4.78, 5) is 21.1. The summed E-state index contributed by atoms with van der Waals surface area (Å²) in [6.07, 6.45) is 6.07. The van der Waals surface area contributed by atoms with Crippen LogP contribution in [-0.4, -0.2) is 30.2 Å². The van der Waals surface area contributed by atoms with Crippen molar-refractivity contribution in [3.8, 4) is 33.8 Å². The number of hydrogen-bond acceptors (Lipinski definition) is 3. The number of aromatic nitrogens is 4. The first kappa shape index (κ1) is 28.5. The second kappa shape index (κ2) is 11.9. The Hall–Kier alpha value is -4.65. The zero-order chi connectivity index (χ0) is 30.1. The van der Waals surface area contributed by atoms with Crippen LogP contribution in [-0.2, 0) is 13.1 Å². The first-order valence-corrected chi connectivity index (χ1v) is 14.7. The van der Waals surface area contributed by atoms with Crippen LogP contribution in [0, 0.1) is 0 Å². The lowest BCUT2D eigenvalue weighted by molar-refractivity contribution is 0.0697. The van der Waals surface area contributed by atoms with E-state index in [1.807, 2.05) is 31.3 Å². The molecule has 4 aromatic carbocycles. The molecular weight excluding hydrogens is 579 g/mol. The summed E-state index contributed by atoms with van der Waals surface area (Å²) in [7, 11) is 0. The predicted octanol–water partition coefficient (Wildman–Crippen LogP) is 9.45. The lowest BCUT2D eigenvalue weighted by Crippen LogP contribution is -1.99. The number of halogens is 2. The molecule has 0 saturated carbocycles. The Morgan fingerprint density at radius 3 is 2.16 bits per heavy atom. The molecule has 0 aliphatic carbocycles. The number of nitrogens with zero attached hydrogens (tertiary/aromatic N) is 4. The second-order valence-corrected chi connectivity index (χ2v) is 11.0. The molecule has 1 N–H and O–H groups in total. The summed E-state index contributed by atoms with van der Waals surface area (Å²) in [5, 5.41) is 10.6. The van der Waals surface area contributed by atoms with Gasteiger partial charge in [-0.1, -0.05) is 77.8 Å². The fraction of sp³-hybridized carbons (Fsp3) is 0.114. The molecule has 6 aromatic rings. The van der Waals surface area contributed by atoms with E-state index in [9.17, 15) is 9.90 Å². The zero-order valence-corrected chi connectivity index (χ0v) is 25.1. The van der Waals surface area contributed by atoms with Crippen LogP contribution in [0.4, 0.5) is 0 Å². The molecule has 0 fully saturated rings. The van der Waals surface area contributed by atoms with Crippen molar-refractivity contribution >= 4 is 52.4 Å². The Morgan fingerprint density at radius 1 is 0.814 bits per heavy atom. The standard InChI is InChI=1S/C35H28Cl2N4O2/c1-3-40-21-31(28-16-15-27(36)20-29(28)37)38-33(40)18-7-22-5-8-23(9-6-22)24-10-12-25(13-11-24)34-39-30-17-14-26(35(42)43)19-32(30)41(34)4-2/h5-21H,3-4H2,1-2H3,(H,42,43)/b18-7+. The number of hydrogen-bond donors (Lipinski definition) is 1. The van der Waals surface area contributed by atoms with E-state index in [0.717, 1.165) is 62.7 Å². The van der Waals surface area contributed by atoms with Gasteiger partial charge in [-0.3, -0.25) is 0 Å². The van der Waals surface area contributed by atoms with E-state index in [1.165, 1.54) is 0 Å². The van der Waals surface area contributed by atoms with Crippen molar-refractivity contribution in [3.63, 3.8) is 0 Å². The smallest absolute Gasteiger partial charge is 0.335 e. The monoisotopic (exact) mass is 606 g/mol. The van der Waals surface area contributed by atoms with E-state index >= 15 is 0 Å². The van der Waals surface area contributed by atoms with Crippen molar-refractivity contribution in [3.05, 3.63) is 118 Å². The maximum Gasteiger partial charge on any atom is 0.335 e. The molecule has 2 heterocycles. The molecule has 0 spiro atoms. The highest BCUT2D eigenvalue weighted by molar-refractivity contribution is 6.36. The average Bonchev–Trinajstić information content (AvgIpc) is 3.61. The van der Waals surface area contributed by atoms with Gasteiger partial charge in [0, 0.05) is 35.4 Å². The molecule has 6 nitrogen and oxygen atoms in total. The predicted molar refractivity (Wildman–Crippen MR) is 176 cm³/mol. The van der Waals surface area contributed by atoms with Crippen LogP contribution in [0.1, 0.15) is 35.6 Å². The van der Waals surface area contributed by atoms with Crippen LogP contribution in [0.3, 0.4) is 0 Å². The molecule has 0 saturated heterocycles. The van der Waals surface area contributed by atoms with E-state index in [0.29, 0.717) is 16.6 Å². The Morgan fingerprint density at radius 2 is 1.51 bits per heavy atom. The number of rotatable bonds is 8. The molecule has 0 aliphatic rings. The summed E-state index contributed by atoms with van der Waals surface area (Å²) >= 11 is 12.5. The van der Waals surface area contributed by atoms with Crippen LogP contribution in [0.15, 0.2) is 91.1 Å². The minimum Gasteiger partial charge on any atom is -0.478 e. The van der Waals surface area contributed by atoms with Gasteiger partial charge < -0.3 is 14.2 Å². The SMILES string of the molecule is CCn1cc(-c2ccc(Cl)cc2Cl)nc1/C=C/c1ccc(-c2ccc(-c3nc4ccc(C(=O)O)cc4n3CC)cc2)cc1. The summed E-state index contributed by atoms with van der Waals surface area (Å²) < 4.78 is 4.14. The molecular formula is C35H28Cl2N4O2. The maximum atomic E-state index is 11.5. The van der Waals surface area contributed by atoms with Gasteiger partial charge in [0.25, 0.3) is 0 Å². The van der Waals surface area contributed by atoms with Crippen LogP contribution < -0.4 is 0 Å². The molecule has 2 aromatic heterocycles.